The third-order valence-electron chi connectivity index (χ3n) is 11.6. The first-order valence-corrected chi connectivity index (χ1v) is 25.2. The molecule has 0 bridgehead atoms. The zero-order valence-electron chi connectivity index (χ0n) is 44.3. The Morgan fingerprint density at radius 1 is 0.616 bits per heavy atom. The molecule has 7 N–H and O–H groups in total. The Kier molecular flexibility index (Phi) is 23.4. The number of alkyl halides is 1. The lowest BCUT2D eigenvalue weighted by Crippen LogP contribution is -2.65. The number of nitrogens with one attached hydrogen (secondary N) is 6. The van der Waals surface area contributed by atoms with Crippen LogP contribution in [0.2, 0.25) is 0 Å². The number of hydrogen-bond donors (Lipinski definition) is 7. The minimum atomic E-state index is -1.77. The van der Waals surface area contributed by atoms with Crippen LogP contribution in [0.4, 0.5) is 18.8 Å². The summed E-state index contributed by atoms with van der Waals surface area (Å²) in [7, 11) is 0. The summed E-state index contributed by atoms with van der Waals surface area (Å²) >= 11 is 0. The molecule has 6 atom stereocenters. The van der Waals surface area contributed by atoms with E-state index in [-0.39, 0.29) is 58.0 Å². The zero-order valence-corrected chi connectivity index (χ0v) is 44.3. The lowest BCUT2D eigenvalue weighted by molar-refractivity contribution is -0.152. The lowest BCUT2D eigenvalue weighted by atomic mass is 9.83. The van der Waals surface area contributed by atoms with Gasteiger partial charge < -0.3 is 56.1 Å². The molecule has 1 saturated heterocycles. The number of amides is 7. The first-order valence-electron chi connectivity index (χ1n) is 25.2. The molecule has 1 aliphatic heterocycles. The van der Waals surface area contributed by atoms with Crippen molar-refractivity contribution in [3.05, 3.63) is 71.8 Å². The molecule has 7 amide bonds. The third-order valence-corrected chi connectivity index (χ3v) is 11.6. The van der Waals surface area contributed by atoms with Gasteiger partial charge in [0.15, 0.2) is 0 Å². The van der Waals surface area contributed by atoms with E-state index in [4.69, 9.17) is 14.2 Å². The Hall–Kier alpha value is -6.47. The molecule has 0 aliphatic carbocycles. The van der Waals surface area contributed by atoms with Crippen molar-refractivity contribution in [1.29, 1.82) is 0 Å². The zero-order chi connectivity index (χ0) is 54.6. The number of carboxylic acids is 1. The molecule has 2 aromatic rings. The highest BCUT2D eigenvalue weighted by molar-refractivity contribution is 5.96. The number of benzene rings is 2. The molecule has 19 nitrogen and oxygen atoms in total. The van der Waals surface area contributed by atoms with Gasteiger partial charge in [0.25, 0.3) is 0 Å². The molecular weight excluding hydrogens is 946 g/mol. The maximum Gasteiger partial charge on any atom is 0.408 e. The average Bonchev–Trinajstić information content (AvgIpc) is 3.27. The summed E-state index contributed by atoms with van der Waals surface area (Å²) < 4.78 is 29.5. The van der Waals surface area contributed by atoms with Gasteiger partial charge in [0.1, 0.15) is 46.5 Å². The highest BCUT2D eigenvalue weighted by atomic mass is 19.1. The third kappa shape index (κ3) is 22.5. The van der Waals surface area contributed by atoms with Gasteiger partial charge in [0.2, 0.25) is 23.6 Å². The van der Waals surface area contributed by atoms with Gasteiger partial charge in [0.05, 0.1) is 6.67 Å². The topological polar surface area (TPSA) is 260 Å². The molecule has 1 aliphatic rings. The van der Waals surface area contributed by atoms with Gasteiger partial charge in [0, 0.05) is 38.4 Å². The number of halogens is 1. The molecule has 3 rings (SSSR count). The predicted molar refractivity (Wildman–Crippen MR) is 272 cm³/mol. The largest absolute Gasteiger partial charge is 0.480 e. The van der Waals surface area contributed by atoms with Crippen molar-refractivity contribution in [2.75, 3.05) is 19.8 Å². The van der Waals surface area contributed by atoms with Crippen LogP contribution >= 0.6 is 0 Å². The smallest absolute Gasteiger partial charge is 0.408 e. The molecule has 3 unspecified atom stereocenters. The first kappa shape index (κ1) is 60.8. The average molecular weight is 1030 g/mol. The Bertz CT molecular complexity index is 2150. The second-order valence-electron chi connectivity index (χ2n) is 21.6. The molecule has 1 fully saturated rings. The summed E-state index contributed by atoms with van der Waals surface area (Å²) in [6, 6.07) is 12.1. The molecule has 73 heavy (non-hydrogen) atoms. The molecule has 20 heteroatoms. The number of carboxylic acid groups (broad SMARTS) is 1. The van der Waals surface area contributed by atoms with Crippen LogP contribution in [0, 0.1) is 0 Å². The highest BCUT2D eigenvalue weighted by Crippen LogP contribution is 2.29. The van der Waals surface area contributed by atoms with Crippen LogP contribution in [-0.4, -0.2) is 130 Å². The molecular formula is C53H80FN7O12. The maximum absolute atomic E-state index is 14.6. The predicted octanol–water partition coefficient (Wildman–Crippen LogP) is 6.40. The summed E-state index contributed by atoms with van der Waals surface area (Å²) in [6.07, 6.45) is -1.10. The molecule has 0 radical (unpaired) electrons. The van der Waals surface area contributed by atoms with E-state index >= 15 is 0 Å². The van der Waals surface area contributed by atoms with Crippen molar-refractivity contribution < 1.29 is 62.1 Å². The van der Waals surface area contributed by atoms with Crippen LogP contribution in [0.25, 0.3) is 0 Å². The van der Waals surface area contributed by atoms with Gasteiger partial charge in [-0.25, -0.2) is 19.2 Å². The van der Waals surface area contributed by atoms with Gasteiger partial charge in [-0.1, -0.05) is 73.5 Å². The summed E-state index contributed by atoms with van der Waals surface area (Å²) in [4.78, 5) is 110. The van der Waals surface area contributed by atoms with Crippen LogP contribution < -0.4 is 31.9 Å². The normalized spacial score (nSPS) is 17.6. The first-order chi connectivity index (χ1) is 34.1. The number of carbonyl (C=O) groups excluding carboxylic acids is 7. The summed E-state index contributed by atoms with van der Waals surface area (Å²) in [5.41, 5.74) is -2.90. The van der Waals surface area contributed by atoms with Gasteiger partial charge in [-0.3, -0.25) is 23.6 Å². The van der Waals surface area contributed by atoms with Crippen LogP contribution in [0.3, 0.4) is 0 Å². The fourth-order valence-corrected chi connectivity index (χ4v) is 8.14. The molecule has 1 heterocycles. The number of unbranched alkanes of at least 4 members (excludes halogenated alkanes) is 3. The van der Waals surface area contributed by atoms with E-state index < -0.39 is 107 Å². The van der Waals surface area contributed by atoms with E-state index in [1.807, 2.05) is 6.07 Å². The van der Waals surface area contributed by atoms with Crippen molar-refractivity contribution in [3.63, 3.8) is 0 Å². The molecule has 0 aromatic heterocycles. The van der Waals surface area contributed by atoms with E-state index in [0.717, 1.165) is 0 Å². The van der Waals surface area contributed by atoms with Gasteiger partial charge in [-0.15, -0.1) is 0 Å². The second kappa shape index (κ2) is 28.1. The summed E-state index contributed by atoms with van der Waals surface area (Å²) in [5, 5.41) is 26.7. The fraction of sp³-hybridized carbons (Fsp3) is 0.623. The number of piperidine rings is 1. The van der Waals surface area contributed by atoms with Crippen molar-refractivity contribution in [2.24, 2.45) is 0 Å². The SMILES string of the molecule is CC1CC(NC(=O)OC(C)(C)C)(C(=O)O)CCN1C(=O)[C@@H](CCCCNC(=O)OC(C)(C)C)NC(=O)C(CCCCCF)NC(=O)[C@@H](Cc1ccccc1)NC(=O)[C@@H](Cc1ccccc1)NC(=O)OC(C)(C)C. The van der Waals surface area contributed by atoms with E-state index in [0.29, 0.717) is 36.8 Å². The summed E-state index contributed by atoms with van der Waals surface area (Å²) in [5.74, 6) is -4.05. The standard InChI is InChI=1S/C53H80FN7O12/c1-35-34-53(46(66)67,60-49(70)73-52(8,9)10)28-31-61(35)45(65)39(27-19-21-30-55-47(68)71-50(2,3)4)57-42(62)38(26-18-13-20-29-54)56-43(63)40(32-36-22-14-11-15-23-36)58-44(64)41(33-37-24-16-12-17-25-37)59-48(69)72-51(5,6)7/h11-12,14-17,22-25,35,38-41H,13,18-21,26-34H2,1-10H3,(H,55,68)(H,56,63)(H,57,62)(H,58,64)(H,59,69)(H,60,70)(H,66,67)/t35?,38?,39-,40-,41-,53?/m1/s1. The van der Waals surface area contributed by atoms with Crippen LogP contribution in [0.1, 0.15) is 138 Å². The number of hydrogen-bond acceptors (Lipinski definition) is 11. The van der Waals surface area contributed by atoms with Crippen molar-refractivity contribution in [2.45, 2.75) is 192 Å². The quantitative estimate of drug-likeness (QED) is 0.0445. The second-order valence-corrected chi connectivity index (χ2v) is 21.6. The number of ether oxygens (including phenoxy) is 3. The van der Waals surface area contributed by atoms with Crippen molar-refractivity contribution in [3.8, 4) is 0 Å². The van der Waals surface area contributed by atoms with E-state index in [2.05, 4.69) is 31.9 Å². The Morgan fingerprint density at radius 3 is 1.58 bits per heavy atom. The Labute approximate surface area is 429 Å². The maximum atomic E-state index is 14.6. The highest BCUT2D eigenvalue weighted by Gasteiger charge is 2.48. The Balaban J connectivity index is 1.96. The lowest BCUT2D eigenvalue weighted by Gasteiger charge is -2.44. The molecule has 0 saturated carbocycles. The monoisotopic (exact) mass is 1030 g/mol. The fourth-order valence-electron chi connectivity index (χ4n) is 8.14. The van der Waals surface area contributed by atoms with Crippen LogP contribution in [0.5, 0.6) is 0 Å². The number of nitrogens with zero attached hydrogens (tertiary/aromatic N) is 1. The Morgan fingerprint density at radius 2 is 1.07 bits per heavy atom. The summed E-state index contributed by atoms with van der Waals surface area (Å²) in [6.45, 7) is 16.3. The van der Waals surface area contributed by atoms with Crippen LogP contribution in [0.15, 0.2) is 60.7 Å². The number of alkyl carbamates (subject to hydrolysis) is 3. The van der Waals surface area contributed by atoms with Crippen molar-refractivity contribution >= 4 is 47.9 Å². The van der Waals surface area contributed by atoms with Crippen LogP contribution in [-0.2, 0) is 51.0 Å². The van der Waals surface area contributed by atoms with Crippen molar-refractivity contribution in [1.82, 2.24) is 36.8 Å². The number of carbonyl (C=O) groups is 8. The van der Waals surface area contributed by atoms with Gasteiger partial charge >= 0.3 is 24.2 Å². The number of rotatable bonds is 24. The van der Waals surface area contributed by atoms with Gasteiger partial charge in [-0.2, -0.15) is 0 Å². The number of likely N-dealkylation sites (tertiary alicyclic amines) is 1. The minimum Gasteiger partial charge on any atom is -0.480 e. The number of aliphatic carboxylic acids is 1. The van der Waals surface area contributed by atoms with Gasteiger partial charge in [-0.05, 0) is 119 Å². The minimum absolute atomic E-state index is 0.0228. The molecule has 0 spiro atoms. The van der Waals surface area contributed by atoms with E-state index in [9.17, 15) is 47.9 Å². The van der Waals surface area contributed by atoms with E-state index in [1.54, 1.807) is 124 Å². The molecule has 406 valence electrons. The van der Waals surface area contributed by atoms with E-state index in [1.165, 1.54) is 4.90 Å². The molecule has 2 aromatic carbocycles.